The molecule has 1 aromatic heterocycles. The maximum absolute atomic E-state index is 12.4. The Balaban J connectivity index is 0.895. The molecule has 6 nitrogen and oxygen atoms in total. The Hall–Kier alpha value is -7.78. The number of carbonyl (C=O) groups is 2. The van der Waals surface area contributed by atoms with Crippen LogP contribution in [0.25, 0.3) is 50.9 Å². The minimum absolute atomic E-state index is 0.168. The molecule has 0 aliphatic carbocycles. The van der Waals surface area contributed by atoms with Crippen LogP contribution in [0.5, 0.6) is 0 Å². The van der Waals surface area contributed by atoms with Crippen LogP contribution in [0.15, 0.2) is 193 Å². The number of aryl methyl sites for hydroxylation is 3. The largest absolute Gasteiger partial charge is 0.481 e. The lowest BCUT2D eigenvalue weighted by molar-refractivity contribution is -0.133. The molecule has 0 saturated carbocycles. The zero-order chi connectivity index (χ0) is 46.3. The number of carbonyl (C=O) groups excluding carboxylic acids is 1. The topological polar surface area (TPSA) is 90.8 Å². The third-order valence-corrected chi connectivity index (χ3v) is 13.6. The van der Waals surface area contributed by atoms with E-state index in [-0.39, 0.29) is 17.4 Å². The Bertz CT molecular complexity index is 3220. The van der Waals surface area contributed by atoms with Gasteiger partial charge in [0.15, 0.2) is 5.17 Å². The number of hydrogen-bond acceptors (Lipinski definition) is 6. The van der Waals surface area contributed by atoms with Crippen LogP contribution >= 0.6 is 23.1 Å². The van der Waals surface area contributed by atoms with Gasteiger partial charge in [-0.05, 0) is 153 Å². The first kappa shape index (κ1) is 44.4. The lowest BCUT2D eigenvalue weighted by Gasteiger charge is -2.14. The fourth-order valence-electron chi connectivity index (χ4n) is 7.97. The van der Waals surface area contributed by atoms with Crippen LogP contribution in [-0.2, 0) is 9.59 Å². The van der Waals surface area contributed by atoms with E-state index in [2.05, 4.69) is 218 Å². The number of anilines is 2. The van der Waals surface area contributed by atoms with Crippen LogP contribution in [0.2, 0.25) is 0 Å². The van der Waals surface area contributed by atoms with Crippen molar-refractivity contribution in [2.24, 2.45) is 4.99 Å². The van der Waals surface area contributed by atoms with E-state index in [0.29, 0.717) is 5.17 Å². The van der Waals surface area contributed by atoms with Gasteiger partial charge in [0, 0.05) is 21.1 Å². The average molecular weight is 910 g/mol. The van der Waals surface area contributed by atoms with E-state index in [0.717, 1.165) is 66.3 Å². The van der Waals surface area contributed by atoms with Crippen molar-refractivity contribution >= 4 is 80.9 Å². The maximum Gasteiger partial charge on any atom is 0.313 e. The molecule has 0 unspecified atom stereocenters. The predicted octanol–water partition coefficient (Wildman–Crippen LogP) is 14.6. The molecule has 8 heteroatoms. The molecule has 2 heterocycles. The lowest BCUT2D eigenvalue weighted by Crippen LogP contribution is -2.22. The van der Waals surface area contributed by atoms with E-state index < -0.39 is 5.97 Å². The number of hydrogen-bond donors (Lipinski definition) is 3. The molecule has 0 saturated heterocycles. The summed E-state index contributed by atoms with van der Waals surface area (Å²) in [7, 11) is 0. The molecular weight excluding hydrogens is 863 g/mol. The zero-order valence-corrected chi connectivity index (χ0v) is 38.9. The second-order valence-corrected chi connectivity index (χ2v) is 18.5. The molecule has 1 amide bonds. The normalized spacial score (nSPS) is 13.4. The molecule has 0 spiro atoms. The minimum atomic E-state index is -0.966. The van der Waals surface area contributed by atoms with Gasteiger partial charge >= 0.3 is 5.97 Å². The number of amidine groups is 1. The maximum atomic E-state index is 12.4. The third kappa shape index (κ3) is 10.9. The Kier molecular flexibility index (Phi) is 13.4. The van der Waals surface area contributed by atoms with Crippen molar-refractivity contribution in [1.82, 2.24) is 5.32 Å². The van der Waals surface area contributed by atoms with Crippen molar-refractivity contribution in [3.8, 4) is 21.6 Å². The summed E-state index contributed by atoms with van der Waals surface area (Å²) in [5, 5.41) is 15.4. The standard InChI is InChI=1S/C59H47N3O3S2/c1-38-14-19-47(32-39(38)2)53(43-10-6-4-7-11-43)34-41-15-20-45(21-16-41)52-30-24-48(33-40(52)3)54(44-12-8-5-9-13-44)35-42-17-25-49(26-18-42)60-50-27-22-46(23-28-50)56-31-29-51(67-56)36-55-58(65)62-59(61-55)66-37-57(63)64/h4-36,60H,37H2,1-3H3,(H,63,64)(H,61,62,65)/b53-34+,54-35+,55-36-. The number of aliphatic imine (C=N–C) groups is 1. The number of nitrogens with zero attached hydrogens (tertiary/aromatic N) is 1. The second-order valence-electron chi connectivity index (χ2n) is 16.4. The van der Waals surface area contributed by atoms with E-state index in [9.17, 15) is 9.59 Å². The van der Waals surface area contributed by atoms with Crippen LogP contribution in [-0.4, -0.2) is 27.9 Å². The van der Waals surface area contributed by atoms with Crippen LogP contribution in [0.4, 0.5) is 11.4 Å². The van der Waals surface area contributed by atoms with Crippen molar-refractivity contribution < 1.29 is 14.7 Å². The molecule has 7 aromatic carbocycles. The first-order valence-electron chi connectivity index (χ1n) is 22.0. The number of carboxylic acids is 1. The molecule has 0 atom stereocenters. The highest BCUT2D eigenvalue weighted by atomic mass is 32.2. The van der Waals surface area contributed by atoms with Gasteiger partial charge in [-0.1, -0.05) is 157 Å². The number of thiophene rings is 1. The molecule has 67 heavy (non-hydrogen) atoms. The molecule has 0 radical (unpaired) electrons. The Morgan fingerprint density at radius 3 is 1.75 bits per heavy atom. The van der Waals surface area contributed by atoms with Gasteiger partial charge in [0.1, 0.15) is 5.70 Å². The van der Waals surface area contributed by atoms with Gasteiger partial charge in [0.05, 0.1) is 5.75 Å². The summed E-state index contributed by atoms with van der Waals surface area (Å²) in [4.78, 5) is 29.5. The summed E-state index contributed by atoms with van der Waals surface area (Å²) in [6.45, 7) is 6.53. The summed E-state index contributed by atoms with van der Waals surface area (Å²) < 4.78 is 0. The highest BCUT2D eigenvalue weighted by Gasteiger charge is 2.21. The second kappa shape index (κ2) is 20.2. The molecule has 328 valence electrons. The zero-order valence-electron chi connectivity index (χ0n) is 37.3. The van der Waals surface area contributed by atoms with Crippen molar-refractivity contribution in [1.29, 1.82) is 0 Å². The van der Waals surface area contributed by atoms with E-state index >= 15 is 0 Å². The Morgan fingerprint density at radius 2 is 1.16 bits per heavy atom. The molecule has 3 N–H and O–H groups in total. The van der Waals surface area contributed by atoms with Crippen molar-refractivity contribution in [3.63, 3.8) is 0 Å². The molecule has 8 aromatic rings. The fourth-order valence-corrected chi connectivity index (χ4v) is 9.51. The molecule has 9 rings (SSSR count). The van der Waals surface area contributed by atoms with E-state index in [1.165, 1.54) is 44.5 Å². The highest BCUT2D eigenvalue weighted by Crippen LogP contribution is 2.35. The number of thioether (sulfide) groups is 1. The number of amides is 1. The van der Waals surface area contributed by atoms with Gasteiger partial charge in [-0.25, -0.2) is 4.99 Å². The van der Waals surface area contributed by atoms with Crippen molar-refractivity contribution in [2.75, 3.05) is 11.1 Å². The minimum Gasteiger partial charge on any atom is -0.481 e. The summed E-state index contributed by atoms with van der Waals surface area (Å²) in [6, 6.07) is 64.3. The van der Waals surface area contributed by atoms with Gasteiger partial charge in [-0.2, -0.15) is 0 Å². The first-order valence-corrected chi connectivity index (χ1v) is 23.8. The van der Waals surface area contributed by atoms with Gasteiger partial charge in [0.2, 0.25) is 0 Å². The number of rotatable bonds is 13. The molecule has 1 aliphatic heterocycles. The van der Waals surface area contributed by atoms with Crippen LogP contribution in [0.3, 0.4) is 0 Å². The molecule has 0 fully saturated rings. The third-order valence-electron chi connectivity index (χ3n) is 11.7. The van der Waals surface area contributed by atoms with E-state index in [1.807, 2.05) is 12.1 Å². The van der Waals surface area contributed by atoms with Gasteiger partial charge < -0.3 is 10.4 Å². The van der Waals surface area contributed by atoms with Crippen LogP contribution in [0.1, 0.15) is 54.9 Å². The molecular formula is C59H47N3O3S2. The molecule has 1 aliphatic rings. The van der Waals surface area contributed by atoms with Crippen LogP contribution < -0.4 is 10.6 Å². The van der Waals surface area contributed by atoms with Gasteiger partial charge in [-0.15, -0.1) is 11.3 Å². The quantitative estimate of drug-likeness (QED) is 0.0792. The Morgan fingerprint density at radius 1 is 0.612 bits per heavy atom. The number of aliphatic carboxylic acids is 1. The number of carboxylic acid groups (broad SMARTS) is 1. The summed E-state index contributed by atoms with van der Waals surface area (Å²) in [5.41, 5.74) is 18.8. The SMILES string of the molecule is Cc1ccc(/C(=C/c2ccc(-c3ccc(/C(=C/c4ccc(Nc5ccc(-c6ccc(/C=C7\N=C(SCC(=O)O)NC7=O)s6)cc5)cc4)c4ccccc4)cc3C)cc2)c2ccccc2)cc1C. The summed E-state index contributed by atoms with van der Waals surface area (Å²) in [6.07, 6.45) is 6.28. The van der Waals surface area contributed by atoms with Gasteiger partial charge in [-0.3, -0.25) is 14.9 Å². The number of benzene rings is 7. The lowest BCUT2D eigenvalue weighted by atomic mass is 9.91. The van der Waals surface area contributed by atoms with Crippen molar-refractivity contribution in [2.45, 2.75) is 20.8 Å². The smallest absolute Gasteiger partial charge is 0.313 e. The average Bonchev–Trinajstić information content (AvgIpc) is 3.97. The predicted molar refractivity (Wildman–Crippen MR) is 282 cm³/mol. The summed E-state index contributed by atoms with van der Waals surface area (Å²) in [5.74, 6) is -1.47. The summed E-state index contributed by atoms with van der Waals surface area (Å²) >= 11 is 2.54. The Labute approximate surface area is 399 Å². The first-order chi connectivity index (χ1) is 32.6. The monoisotopic (exact) mass is 909 g/mol. The van der Waals surface area contributed by atoms with Crippen LogP contribution in [0, 0.1) is 20.8 Å². The highest BCUT2D eigenvalue weighted by molar-refractivity contribution is 8.14. The van der Waals surface area contributed by atoms with E-state index in [4.69, 9.17) is 5.11 Å². The number of nitrogens with one attached hydrogen (secondary N) is 2. The fraction of sp³-hybridized carbons (Fsp3) is 0.0678. The van der Waals surface area contributed by atoms with Gasteiger partial charge in [0.25, 0.3) is 5.91 Å². The van der Waals surface area contributed by atoms with E-state index in [1.54, 1.807) is 17.4 Å². The molecule has 0 bridgehead atoms. The van der Waals surface area contributed by atoms with Crippen molar-refractivity contribution in [3.05, 3.63) is 243 Å².